The molecule has 1 aliphatic heterocycles. The lowest BCUT2D eigenvalue weighted by atomic mass is 10.1. The topological polar surface area (TPSA) is 81.8 Å². The molecule has 1 aliphatic rings. The molecule has 1 amide bonds. The molecule has 2 N–H and O–H groups in total. The molecule has 0 bridgehead atoms. The average molecular weight is 352 g/mol. The molecule has 2 heterocycles. The number of unbranched alkanes of at least 4 members (excludes halogenated alkanes) is 1. The lowest BCUT2D eigenvalue weighted by molar-refractivity contribution is 0.0627. The van der Waals surface area contributed by atoms with Crippen LogP contribution in [0, 0.1) is 0 Å². The number of carbonyl (C=O) groups is 1. The number of carbonyl (C=O) groups excluding carboxylic acids is 1. The molecule has 0 aliphatic carbocycles. The monoisotopic (exact) mass is 352 g/mol. The van der Waals surface area contributed by atoms with E-state index in [1.807, 2.05) is 6.92 Å². The maximum Gasteiger partial charge on any atom is 0.273 e. The van der Waals surface area contributed by atoms with Gasteiger partial charge in [-0.1, -0.05) is 26.7 Å². The largest absolute Gasteiger partial charge is 0.447 e. The summed E-state index contributed by atoms with van der Waals surface area (Å²) in [5.74, 6) is 0.404. The Morgan fingerprint density at radius 3 is 2.68 bits per heavy atom. The highest BCUT2D eigenvalue weighted by molar-refractivity contribution is 5.91. The molecule has 25 heavy (non-hydrogen) atoms. The summed E-state index contributed by atoms with van der Waals surface area (Å²) in [5, 5.41) is 12.8. The summed E-state index contributed by atoms with van der Waals surface area (Å²) in [6.45, 7) is 9.89. The molecule has 142 valence electrons. The summed E-state index contributed by atoms with van der Waals surface area (Å²) in [6, 6.07) is 0. The highest BCUT2D eigenvalue weighted by Crippen LogP contribution is 2.10. The van der Waals surface area contributed by atoms with Gasteiger partial charge in [-0.2, -0.15) is 0 Å². The Labute approximate surface area is 150 Å². The van der Waals surface area contributed by atoms with Crippen molar-refractivity contribution in [2.75, 3.05) is 39.3 Å². The Balaban J connectivity index is 1.71. The van der Waals surface area contributed by atoms with Crippen LogP contribution in [0.2, 0.25) is 0 Å². The number of rotatable bonds is 10. The smallest absolute Gasteiger partial charge is 0.273 e. The maximum atomic E-state index is 11.9. The van der Waals surface area contributed by atoms with Crippen molar-refractivity contribution in [3.05, 3.63) is 17.8 Å². The molecule has 1 fully saturated rings. The number of aromatic nitrogens is 1. The first-order valence-corrected chi connectivity index (χ1v) is 9.47. The fourth-order valence-corrected chi connectivity index (χ4v) is 2.97. The minimum atomic E-state index is -0.220. The minimum absolute atomic E-state index is 0.178. The zero-order valence-corrected chi connectivity index (χ0v) is 15.5. The van der Waals surface area contributed by atoms with E-state index in [2.05, 4.69) is 27.0 Å². The van der Waals surface area contributed by atoms with Crippen LogP contribution in [-0.2, 0) is 6.54 Å². The number of hydrogen-bond acceptors (Lipinski definition) is 6. The molecule has 1 saturated heterocycles. The van der Waals surface area contributed by atoms with E-state index in [4.69, 9.17) is 4.42 Å². The summed E-state index contributed by atoms with van der Waals surface area (Å²) in [7, 11) is 0. The predicted octanol–water partition coefficient (Wildman–Crippen LogP) is 1.48. The first kappa shape index (κ1) is 19.9. The Hall–Kier alpha value is -1.44. The zero-order valence-electron chi connectivity index (χ0n) is 15.5. The summed E-state index contributed by atoms with van der Waals surface area (Å²) < 4.78 is 5.44. The van der Waals surface area contributed by atoms with E-state index in [1.165, 1.54) is 6.26 Å². The van der Waals surface area contributed by atoms with Gasteiger partial charge in [-0.25, -0.2) is 4.98 Å². The number of nitrogens with zero attached hydrogens (tertiary/aromatic N) is 3. The van der Waals surface area contributed by atoms with Gasteiger partial charge in [0.2, 0.25) is 5.89 Å². The van der Waals surface area contributed by atoms with Gasteiger partial charge in [0.05, 0.1) is 12.6 Å². The molecule has 2 rings (SSSR count). The van der Waals surface area contributed by atoms with Crippen molar-refractivity contribution in [1.29, 1.82) is 0 Å². The summed E-state index contributed by atoms with van der Waals surface area (Å²) in [6.07, 6.45) is 5.20. The van der Waals surface area contributed by atoms with Crippen molar-refractivity contribution in [2.24, 2.45) is 0 Å². The summed E-state index contributed by atoms with van der Waals surface area (Å²) >= 11 is 0. The van der Waals surface area contributed by atoms with Crippen LogP contribution in [0.3, 0.4) is 0 Å². The summed E-state index contributed by atoms with van der Waals surface area (Å²) in [5.41, 5.74) is 0.348. The molecule has 1 atom stereocenters. The third-order valence-corrected chi connectivity index (χ3v) is 4.50. The molecule has 0 saturated carbocycles. The molecule has 0 aromatic carbocycles. The lowest BCUT2D eigenvalue weighted by Crippen LogP contribution is -2.48. The first-order chi connectivity index (χ1) is 12.1. The third-order valence-electron chi connectivity index (χ3n) is 4.50. The molecule has 1 aromatic rings. The average Bonchev–Trinajstić information content (AvgIpc) is 3.08. The fourth-order valence-electron chi connectivity index (χ4n) is 2.97. The quantitative estimate of drug-likeness (QED) is 0.664. The van der Waals surface area contributed by atoms with E-state index < -0.39 is 0 Å². The van der Waals surface area contributed by atoms with E-state index in [0.29, 0.717) is 24.7 Å². The van der Waals surface area contributed by atoms with Gasteiger partial charge >= 0.3 is 0 Å². The van der Waals surface area contributed by atoms with E-state index in [-0.39, 0.29) is 12.0 Å². The molecule has 0 radical (unpaired) electrons. The standard InChI is InChI=1S/C18H32N4O3/c1-3-5-6-15(23)12-21-8-10-22(11-9-21)13-17-20-16(14-25-17)18(24)19-7-4-2/h14-15,23H,3-13H2,1-2H3,(H,19,24)/t15-/m0/s1. The van der Waals surface area contributed by atoms with Crippen molar-refractivity contribution >= 4 is 5.91 Å². The Morgan fingerprint density at radius 2 is 2.00 bits per heavy atom. The number of aliphatic hydroxyl groups excluding tert-OH is 1. The Morgan fingerprint density at radius 1 is 1.28 bits per heavy atom. The van der Waals surface area contributed by atoms with Gasteiger partial charge < -0.3 is 14.8 Å². The summed E-state index contributed by atoms with van der Waals surface area (Å²) in [4.78, 5) is 20.7. The molecule has 7 nitrogen and oxygen atoms in total. The zero-order chi connectivity index (χ0) is 18.1. The van der Waals surface area contributed by atoms with Crippen LogP contribution in [0.4, 0.5) is 0 Å². The van der Waals surface area contributed by atoms with E-state index in [1.54, 1.807) is 0 Å². The molecule has 0 spiro atoms. The van der Waals surface area contributed by atoms with Crippen molar-refractivity contribution in [3.63, 3.8) is 0 Å². The number of β-amino-alcohol motifs (C(OH)–C–C–N with tert-alkyl or cyclic N) is 1. The van der Waals surface area contributed by atoms with Crippen LogP contribution in [0.5, 0.6) is 0 Å². The van der Waals surface area contributed by atoms with Crippen LogP contribution in [0.1, 0.15) is 55.9 Å². The van der Waals surface area contributed by atoms with E-state index in [0.717, 1.165) is 58.4 Å². The third kappa shape index (κ3) is 6.76. The number of piperazine rings is 1. The normalized spacial score (nSPS) is 17.6. The van der Waals surface area contributed by atoms with Gasteiger partial charge in [-0.15, -0.1) is 0 Å². The maximum absolute atomic E-state index is 11.9. The van der Waals surface area contributed by atoms with Gasteiger partial charge in [0.25, 0.3) is 5.91 Å². The van der Waals surface area contributed by atoms with Gasteiger partial charge in [-0.05, 0) is 12.8 Å². The predicted molar refractivity (Wildman–Crippen MR) is 96.4 cm³/mol. The van der Waals surface area contributed by atoms with Crippen molar-refractivity contribution in [2.45, 2.75) is 52.2 Å². The number of aliphatic hydroxyl groups is 1. The van der Waals surface area contributed by atoms with Crippen LogP contribution in [0.15, 0.2) is 10.7 Å². The lowest BCUT2D eigenvalue weighted by Gasteiger charge is -2.35. The van der Waals surface area contributed by atoms with Gasteiger partial charge in [0, 0.05) is 39.3 Å². The number of nitrogens with one attached hydrogen (secondary N) is 1. The van der Waals surface area contributed by atoms with Crippen LogP contribution in [-0.4, -0.2) is 71.2 Å². The Bertz CT molecular complexity index is 512. The highest BCUT2D eigenvalue weighted by atomic mass is 16.3. The molecule has 7 heteroatoms. The van der Waals surface area contributed by atoms with Crippen LogP contribution >= 0.6 is 0 Å². The van der Waals surface area contributed by atoms with Crippen LogP contribution in [0.25, 0.3) is 0 Å². The van der Waals surface area contributed by atoms with Gasteiger partial charge in [0.1, 0.15) is 6.26 Å². The number of amides is 1. The van der Waals surface area contributed by atoms with Crippen LogP contribution < -0.4 is 5.32 Å². The van der Waals surface area contributed by atoms with Crippen molar-refractivity contribution in [3.8, 4) is 0 Å². The number of oxazole rings is 1. The van der Waals surface area contributed by atoms with Crippen molar-refractivity contribution < 1.29 is 14.3 Å². The molecule has 0 unspecified atom stereocenters. The number of hydrogen-bond donors (Lipinski definition) is 2. The molecule has 1 aromatic heterocycles. The molecular formula is C18H32N4O3. The second-order valence-corrected chi connectivity index (χ2v) is 6.76. The second kappa shape index (κ2) is 10.5. The van der Waals surface area contributed by atoms with Gasteiger partial charge in [-0.3, -0.25) is 14.6 Å². The highest BCUT2D eigenvalue weighted by Gasteiger charge is 2.21. The van der Waals surface area contributed by atoms with E-state index >= 15 is 0 Å². The Kier molecular flexibility index (Phi) is 8.37. The minimum Gasteiger partial charge on any atom is -0.447 e. The van der Waals surface area contributed by atoms with Crippen molar-refractivity contribution in [1.82, 2.24) is 20.1 Å². The fraction of sp³-hybridized carbons (Fsp3) is 0.778. The van der Waals surface area contributed by atoms with E-state index in [9.17, 15) is 9.90 Å². The molecular weight excluding hydrogens is 320 g/mol. The van der Waals surface area contributed by atoms with Gasteiger partial charge in [0.15, 0.2) is 5.69 Å². The SMILES string of the molecule is CCCC[C@H](O)CN1CCN(Cc2nc(C(=O)NCCC)co2)CC1. The first-order valence-electron chi connectivity index (χ1n) is 9.47. The second-order valence-electron chi connectivity index (χ2n) is 6.76.